The monoisotopic (exact) mass is 1110 g/mol. The van der Waals surface area contributed by atoms with Crippen LogP contribution in [0.5, 0.6) is 11.5 Å². The van der Waals surface area contributed by atoms with Crippen LogP contribution >= 0.6 is 0 Å². The van der Waals surface area contributed by atoms with E-state index < -0.39 is 95.1 Å². The van der Waals surface area contributed by atoms with Gasteiger partial charge in [0.05, 0.1) is 46.5 Å². The van der Waals surface area contributed by atoms with Crippen LogP contribution in [-0.2, 0) is 31.1 Å². The Labute approximate surface area is 457 Å². The van der Waals surface area contributed by atoms with E-state index in [1.165, 1.54) is 59.1 Å². The van der Waals surface area contributed by atoms with Crippen molar-refractivity contribution in [1.82, 2.24) is 29.0 Å². The van der Waals surface area contributed by atoms with Crippen LogP contribution < -0.4 is 10.6 Å². The SMILES string of the molecule is Cc1c(F)cccc1[C@]12C[C@@H](C3CCCNC3)[C@@](CCN(C)S(C)(=O)=O)(CC1C(=O)c1cccc(O)c1)N2C(=O)N1[C@]2(CCN(C)S(C)(=O)=O)CC(C(=O)c3cccc(O)c3)[C@]1(c1cccc(F)c1C)C[C@H]2C1CCCNC1. The fourth-order valence-corrected chi connectivity index (χ4v) is 17.0. The van der Waals surface area contributed by atoms with Crippen LogP contribution in [0, 0.1) is 61.0 Å². The number of urea groups is 1. The number of benzene rings is 4. The quantitative estimate of drug-likeness (QED) is 0.0803. The summed E-state index contributed by atoms with van der Waals surface area (Å²) in [5.41, 5.74) is -4.47. The minimum atomic E-state index is -3.82. The molecule has 6 heterocycles. The number of ketones is 2. The van der Waals surface area contributed by atoms with Gasteiger partial charge in [0, 0.05) is 38.3 Å². The second kappa shape index (κ2) is 20.7. The molecule has 4 unspecified atom stereocenters. The first-order chi connectivity index (χ1) is 36.9. The van der Waals surface area contributed by atoms with Crippen molar-refractivity contribution in [2.45, 2.75) is 100 Å². The molecule has 4 aromatic rings. The lowest BCUT2D eigenvalue weighted by molar-refractivity contribution is 0.0151. The summed E-state index contributed by atoms with van der Waals surface area (Å²) in [5.74, 6) is -5.50. The molecule has 0 spiro atoms. The summed E-state index contributed by atoms with van der Waals surface area (Å²) >= 11 is 0. The van der Waals surface area contributed by atoms with E-state index in [1.807, 2.05) is 9.80 Å². The summed E-state index contributed by atoms with van der Waals surface area (Å²) in [6.45, 7) is 5.74. The van der Waals surface area contributed by atoms with Crippen molar-refractivity contribution in [2.24, 2.45) is 35.5 Å². The Morgan fingerprint density at radius 2 is 1.00 bits per heavy atom. The predicted molar refractivity (Wildman–Crippen MR) is 293 cm³/mol. The maximum absolute atomic E-state index is 18.3. The van der Waals surface area contributed by atoms with Crippen molar-refractivity contribution < 1.29 is 50.2 Å². The number of phenolic OH excluding ortho intramolecular Hbond substituents is 2. The highest BCUT2D eigenvalue weighted by atomic mass is 32.2. The zero-order valence-corrected chi connectivity index (χ0v) is 47.1. The minimum Gasteiger partial charge on any atom is -0.508 e. The Morgan fingerprint density at radius 1 is 0.615 bits per heavy atom. The topological polar surface area (TPSA) is 197 Å². The number of aromatic hydroxyl groups is 2. The Morgan fingerprint density at radius 3 is 1.35 bits per heavy atom. The van der Waals surface area contributed by atoms with E-state index in [0.29, 0.717) is 24.2 Å². The van der Waals surface area contributed by atoms with Crippen LogP contribution in [0.2, 0.25) is 0 Å². The molecule has 6 aliphatic rings. The van der Waals surface area contributed by atoms with Crippen LogP contribution in [0.15, 0.2) is 84.9 Å². The van der Waals surface area contributed by atoms with E-state index in [9.17, 15) is 27.0 Å². The number of hydrogen-bond donors (Lipinski definition) is 4. The number of phenols is 2. The molecule has 6 aliphatic heterocycles. The summed E-state index contributed by atoms with van der Waals surface area (Å²) in [7, 11) is -4.68. The Hall–Kier alpha value is -5.31. The first-order valence-electron chi connectivity index (χ1n) is 27.5. The summed E-state index contributed by atoms with van der Waals surface area (Å²) in [4.78, 5) is 53.8. The number of Topliss-reactive ketones (excluding diaryl/α,β-unsaturated/α-hetero) is 2. The molecule has 0 saturated carbocycles. The third kappa shape index (κ3) is 9.06. The lowest BCUT2D eigenvalue weighted by Gasteiger charge is -2.51. The van der Waals surface area contributed by atoms with Gasteiger partial charge in [0.15, 0.2) is 11.6 Å². The van der Waals surface area contributed by atoms with Gasteiger partial charge < -0.3 is 30.6 Å². The van der Waals surface area contributed by atoms with Crippen molar-refractivity contribution in [1.29, 1.82) is 0 Å². The number of nitrogens with one attached hydrogen (secondary N) is 2. The van der Waals surface area contributed by atoms with E-state index in [2.05, 4.69) is 10.6 Å². The fourth-order valence-electron chi connectivity index (χ4n) is 16.1. The third-order valence-corrected chi connectivity index (χ3v) is 22.4. The van der Waals surface area contributed by atoms with Gasteiger partial charge in [-0.15, -0.1) is 0 Å². The molecule has 0 aliphatic carbocycles. The lowest BCUT2D eigenvalue weighted by atomic mass is 9.59. The highest BCUT2D eigenvalue weighted by Crippen LogP contribution is 2.73. The summed E-state index contributed by atoms with van der Waals surface area (Å²) < 4.78 is 90.0. The van der Waals surface area contributed by atoms with Crippen molar-refractivity contribution in [3.05, 3.63) is 130 Å². The third-order valence-electron chi connectivity index (χ3n) is 19.8. The van der Waals surface area contributed by atoms with E-state index in [4.69, 9.17) is 0 Å². The molecular weight excluding hydrogens is 1040 g/mol. The number of hydrogen-bond acceptors (Lipinski definition) is 11. The number of piperidine rings is 2. The van der Waals surface area contributed by atoms with Crippen molar-refractivity contribution >= 4 is 37.6 Å². The fraction of sp³-hybridized carbons (Fsp3) is 0.542. The molecule has 0 radical (unpaired) electrons. The summed E-state index contributed by atoms with van der Waals surface area (Å²) in [6.07, 6.45) is 5.77. The Balaban J connectivity index is 1.32. The van der Waals surface area contributed by atoms with Crippen molar-refractivity contribution in [3.8, 4) is 11.5 Å². The van der Waals surface area contributed by atoms with Crippen LogP contribution in [0.1, 0.15) is 107 Å². The van der Waals surface area contributed by atoms with Crippen LogP contribution in [-0.4, -0.2) is 140 Å². The number of sulfonamides is 2. The van der Waals surface area contributed by atoms with Crippen LogP contribution in [0.3, 0.4) is 0 Å². The molecule has 10 rings (SSSR count). The van der Waals surface area contributed by atoms with Crippen molar-refractivity contribution in [3.63, 3.8) is 0 Å². The smallest absolute Gasteiger partial charge is 0.322 e. The van der Waals surface area contributed by atoms with E-state index in [0.717, 1.165) is 51.3 Å². The first kappa shape index (κ1) is 56.0. The Kier molecular flexibility index (Phi) is 14.8. The molecule has 19 heteroatoms. The molecular formula is C59H74F2N6O9S2. The number of rotatable bonds is 16. The summed E-state index contributed by atoms with van der Waals surface area (Å²) in [6, 6.07) is 20.8. The van der Waals surface area contributed by atoms with Gasteiger partial charge in [-0.1, -0.05) is 48.5 Å². The van der Waals surface area contributed by atoms with Crippen molar-refractivity contribution in [2.75, 3.05) is 65.9 Å². The number of fused-ring (bicyclic) bond motifs is 4. The zero-order chi connectivity index (χ0) is 55.9. The normalized spacial score (nSPS) is 30.9. The van der Waals surface area contributed by atoms with Gasteiger partial charge in [-0.25, -0.2) is 39.0 Å². The van der Waals surface area contributed by atoms with Gasteiger partial charge in [-0.2, -0.15) is 0 Å². The standard InChI is InChI=1S/C59H74F2N6O9S2/c1-37-45(19-9-21-51(37)60)58-33-47(41-15-11-25-62-35-41)56(23-27-64(3)77(5,73)74,31-49(58)53(70)39-13-7-17-43(68)29-39)66(58)55(72)67-57(24-28-65(4)78(6,75)76)32-50(54(71)40-14-8-18-44(69)30-40)59(67,46-20-10-22-52(61)38(46)2)34-48(57)42-16-12-26-63-36-42/h7-10,13-14,17-22,29-30,41-42,47-50,62-63,68-69H,11-12,15-16,23-28,31-36H2,1-6H3/t41?,42?,47-,48-,49?,50?,56+,57+,58+,59+/m0/s1. The maximum Gasteiger partial charge on any atom is 0.322 e. The number of amides is 2. The van der Waals surface area contributed by atoms with E-state index >= 15 is 23.2 Å². The van der Waals surface area contributed by atoms with Crippen LogP contribution in [0.4, 0.5) is 13.6 Å². The van der Waals surface area contributed by atoms with Gasteiger partial charge >= 0.3 is 6.03 Å². The number of carbonyl (C=O) groups excluding carboxylic acids is 3. The van der Waals surface area contributed by atoms with Gasteiger partial charge in [0.2, 0.25) is 20.0 Å². The second-order valence-corrected chi connectivity index (χ2v) is 27.9. The second-order valence-electron chi connectivity index (χ2n) is 23.7. The maximum atomic E-state index is 18.3. The molecule has 4 aromatic carbocycles. The highest BCUT2D eigenvalue weighted by molar-refractivity contribution is 7.88. The van der Waals surface area contributed by atoms with E-state index in [1.54, 1.807) is 62.4 Å². The van der Waals surface area contributed by atoms with Gasteiger partial charge in [-0.05, 0) is 187 Å². The molecule has 2 amide bonds. The highest BCUT2D eigenvalue weighted by Gasteiger charge is 2.79. The molecule has 10 atom stereocenters. The number of halogens is 2. The molecule has 6 saturated heterocycles. The van der Waals surface area contributed by atoms with Crippen LogP contribution in [0.25, 0.3) is 0 Å². The molecule has 78 heavy (non-hydrogen) atoms. The zero-order valence-electron chi connectivity index (χ0n) is 45.5. The number of nitrogens with zero attached hydrogens (tertiary/aromatic N) is 4. The van der Waals surface area contributed by atoms with E-state index in [-0.39, 0.29) is 97.2 Å². The molecule has 6 fully saturated rings. The van der Waals surface area contributed by atoms with Gasteiger partial charge in [0.1, 0.15) is 23.1 Å². The molecule has 420 valence electrons. The number of carbonyl (C=O) groups is 3. The molecule has 0 aromatic heterocycles. The van der Waals surface area contributed by atoms with Gasteiger partial charge in [-0.3, -0.25) is 9.59 Å². The Bertz CT molecular complexity index is 3040. The average molecular weight is 1110 g/mol. The van der Waals surface area contributed by atoms with Gasteiger partial charge in [0.25, 0.3) is 0 Å². The molecule has 4 bridgehead atoms. The molecule has 4 N–H and O–H groups in total. The largest absolute Gasteiger partial charge is 0.508 e. The minimum absolute atomic E-state index is 0.0211. The predicted octanol–water partition coefficient (Wildman–Crippen LogP) is 7.69. The summed E-state index contributed by atoms with van der Waals surface area (Å²) in [5, 5.41) is 29.0. The lowest BCUT2D eigenvalue weighted by Crippen LogP contribution is -2.64. The average Bonchev–Trinajstić information content (AvgIpc) is 3.50. The molecule has 15 nitrogen and oxygen atoms in total. The first-order valence-corrected chi connectivity index (χ1v) is 31.2.